The van der Waals surface area contributed by atoms with E-state index in [1.807, 2.05) is 60.7 Å². The van der Waals surface area contributed by atoms with Gasteiger partial charge in [-0.3, -0.25) is 4.90 Å². The highest BCUT2D eigenvalue weighted by molar-refractivity contribution is 9.10. The van der Waals surface area contributed by atoms with E-state index < -0.39 is 12.4 Å². The third-order valence-electron chi connectivity index (χ3n) is 6.97. The van der Waals surface area contributed by atoms with Crippen LogP contribution in [0, 0.1) is 0 Å². The molecule has 1 heterocycles. The van der Waals surface area contributed by atoms with Crippen LogP contribution in [0.3, 0.4) is 0 Å². The quantitative estimate of drug-likeness (QED) is 0.215. The number of halogens is 2. The first-order chi connectivity index (χ1) is 19.0. The summed E-state index contributed by atoms with van der Waals surface area (Å²) in [6, 6.07) is 28.0. The zero-order chi connectivity index (χ0) is 26.9. The maximum Gasteiger partial charge on any atom is 0.410 e. The molecule has 4 aromatic rings. The Bertz CT molecular complexity index is 1500. The van der Waals surface area contributed by atoms with Crippen LogP contribution in [0.1, 0.15) is 34.6 Å². The second-order valence-electron chi connectivity index (χ2n) is 9.26. The van der Waals surface area contributed by atoms with E-state index >= 15 is 0 Å². The molecule has 8 heteroatoms. The summed E-state index contributed by atoms with van der Waals surface area (Å²) >= 11 is 11.9. The molecule has 0 unspecified atom stereocenters. The highest BCUT2D eigenvalue weighted by atomic mass is 79.9. The molecule has 5 nitrogen and oxygen atoms in total. The fraction of sp³-hybridized carbons (Fsp3) is 0.194. The van der Waals surface area contributed by atoms with Crippen LogP contribution in [0.25, 0.3) is 11.1 Å². The van der Waals surface area contributed by atoms with E-state index in [1.54, 1.807) is 16.7 Å². The molecule has 0 spiro atoms. The Morgan fingerprint density at radius 2 is 1.62 bits per heavy atom. The summed E-state index contributed by atoms with van der Waals surface area (Å²) in [5.41, 5.74) is 6.26. The lowest BCUT2D eigenvalue weighted by atomic mass is 10.0. The fourth-order valence-corrected chi connectivity index (χ4v) is 7.01. The first-order valence-corrected chi connectivity index (χ1v) is 14.5. The van der Waals surface area contributed by atoms with E-state index in [0.717, 1.165) is 47.6 Å². The fourth-order valence-electron chi connectivity index (χ4n) is 5.26. The monoisotopic (exact) mass is 621 g/mol. The maximum absolute atomic E-state index is 13.4. The number of nitrogens with zero attached hydrogens (tertiary/aromatic N) is 1. The summed E-state index contributed by atoms with van der Waals surface area (Å²) in [7, 11) is 1.42. The van der Waals surface area contributed by atoms with Gasteiger partial charge in [0.05, 0.1) is 37.9 Å². The Morgan fingerprint density at radius 1 is 0.949 bits per heavy atom. The van der Waals surface area contributed by atoms with E-state index in [0.29, 0.717) is 24.8 Å². The minimum absolute atomic E-state index is 0.287. The van der Waals surface area contributed by atoms with Gasteiger partial charge in [-0.15, -0.1) is 0 Å². The standard InChI is InChI=1S/C31H25BrClNO4S/c1-36-31(35)34(28-23-10-4-2-8-21(23)22-9-3-5-11-24(22)28)18-19-7-6-12-26(33)29(19)39-27-14-13-20(32)17-25(27)30-37-15-16-38-30/h2-14,17,28,30H,15-16,18H2,1H3. The number of ether oxygens (including phenoxy) is 3. The van der Waals surface area contributed by atoms with Crippen LogP contribution in [0.4, 0.5) is 4.79 Å². The molecule has 0 radical (unpaired) electrons. The SMILES string of the molecule is COC(=O)N(Cc1cccc(Cl)c1Sc1ccc(Br)cc1C1OCCO1)C1c2ccccc2-c2ccccc21. The number of hydrogen-bond acceptors (Lipinski definition) is 5. The lowest BCUT2D eigenvalue weighted by Crippen LogP contribution is -2.34. The van der Waals surface area contributed by atoms with Crippen molar-refractivity contribution in [2.45, 2.75) is 28.7 Å². The summed E-state index contributed by atoms with van der Waals surface area (Å²) in [4.78, 5) is 17.0. The van der Waals surface area contributed by atoms with E-state index in [9.17, 15) is 4.79 Å². The van der Waals surface area contributed by atoms with Gasteiger partial charge in [-0.25, -0.2) is 4.79 Å². The molecule has 4 aromatic carbocycles. The number of methoxy groups -OCH3 is 1. The van der Waals surface area contributed by atoms with Crippen molar-refractivity contribution in [3.63, 3.8) is 0 Å². The van der Waals surface area contributed by atoms with E-state index in [2.05, 4.69) is 40.2 Å². The van der Waals surface area contributed by atoms with Crippen molar-refractivity contribution in [1.29, 1.82) is 0 Å². The summed E-state index contributed by atoms with van der Waals surface area (Å²) in [5, 5.41) is 0.608. The molecule has 1 aliphatic carbocycles. The molecule has 1 aliphatic heterocycles. The van der Waals surface area contributed by atoms with E-state index in [4.69, 9.17) is 25.8 Å². The molecule has 1 saturated heterocycles. The molecule has 39 heavy (non-hydrogen) atoms. The van der Waals surface area contributed by atoms with Crippen LogP contribution in [-0.4, -0.2) is 31.3 Å². The number of amides is 1. The van der Waals surface area contributed by atoms with Crippen molar-refractivity contribution >= 4 is 45.4 Å². The zero-order valence-corrected chi connectivity index (χ0v) is 24.3. The summed E-state index contributed by atoms with van der Waals surface area (Å²) in [5.74, 6) is 0. The van der Waals surface area contributed by atoms with Crippen LogP contribution in [0.2, 0.25) is 5.02 Å². The molecule has 1 amide bonds. The largest absolute Gasteiger partial charge is 0.453 e. The van der Waals surface area contributed by atoms with Gasteiger partial charge >= 0.3 is 6.09 Å². The molecule has 2 aliphatic rings. The Morgan fingerprint density at radius 3 is 2.28 bits per heavy atom. The molecular weight excluding hydrogens is 598 g/mol. The van der Waals surface area contributed by atoms with Crippen LogP contribution < -0.4 is 0 Å². The van der Waals surface area contributed by atoms with Gasteiger partial charge < -0.3 is 14.2 Å². The number of fused-ring (bicyclic) bond motifs is 3. The van der Waals surface area contributed by atoms with Crippen LogP contribution in [-0.2, 0) is 20.8 Å². The molecule has 0 N–H and O–H groups in total. The van der Waals surface area contributed by atoms with Crippen molar-refractivity contribution in [3.05, 3.63) is 117 Å². The lowest BCUT2D eigenvalue weighted by Gasteiger charge is -2.30. The van der Waals surface area contributed by atoms with Gasteiger partial charge in [-0.05, 0) is 52.1 Å². The number of benzene rings is 4. The number of rotatable bonds is 6. The van der Waals surface area contributed by atoms with Gasteiger partial charge in [0.1, 0.15) is 0 Å². The average Bonchev–Trinajstić information content (AvgIpc) is 3.61. The topological polar surface area (TPSA) is 48.0 Å². The third kappa shape index (κ3) is 5.10. The van der Waals surface area contributed by atoms with Crippen molar-refractivity contribution in [1.82, 2.24) is 4.90 Å². The van der Waals surface area contributed by atoms with Crippen LogP contribution in [0.5, 0.6) is 0 Å². The third-order valence-corrected chi connectivity index (χ3v) is 9.17. The summed E-state index contributed by atoms with van der Waals surface area (Å²) < 4.78 is 17.9. The summed E-state index contributed by atoms with van der Waals surface area (Å²) in [6.45, 7) is 1.42. The zero-order valence-electron chi connectivity index (χ0n) is 21.1. The first-order valence-electron chi connectivity index (χ1n) is 12.6. The van der Waals surface area contributed by atoms with Gasteiger partial charge in [0.25, 0.3) is 0 Å². The minimum Gasteiger partial charge on any atom is -0.453 e. The molecule has 6 rings (SSSR count). The van der Waals surface area contributed by atoms with Crippen molar-refractivity contribution in [3.8, 4) is 11.1 Å². The highest BCUT2D eigenvalue weighted by Crippen LogP contribution is 2.48. The van der Waals surface area contributed by atoms with Gasteiger partial charge in [0.15, 0.2) is 6.29 Å². The predicted octanol–water partition coefficient (Wildman–Crippen LogP) is 8.64. The smallest absolute Gasteiger partial charge is 0.410 e. The molecular formula is C31H25BrClNO4S. The van der Waals surface area contributed by atoms with Gasteiger partial charge in [-0.1, -0.05) is 100.0 Å². The molecule has 0 aromatic heterocycles. The molecule has 0 atom stereocenters. The Hall–Kier alpha value is -2.81. The molecule has 0 saturated carbocycles. The summed E-state index contributed by atoms with van der Waals surface area (Å²) in [6.07, 6.45) is -0.839. The second kappa shape index (κ2) is 11.4. The van der Waals surface area contributed by atoms with Crippen LogP contribution in [0.15, 0.2) is 99.2 Å². The van der Waals surface area contributed by atoms with Crippen molar-refractivity contribution in [2.75, 3.05) is 20.3 Å². The van der Waals surface area contributed by atoms with Gasteiger partial charge in [-0.2, -0.15) is 0 Å². The van der Waals surface area contributed by atoms with Gasteiger partial charge in [0.2, 0.25) is 0 Å². The number of carbonyl (C=O) groups is 1. The van der Waals surface area contributed by atoms with Gasteiger partial charge in [0, 0.05) is 19.8 Å². The van der Waals surface area contributed by atoms with Crippen LogP contribution >= 0.6 is 39.3 Å². The van der Waals surface area contributed by atoms with Crippen molar-refractivity contribution < 1.29 is 19.0 Å². The number of carbonyl (C=O) groups excluding carboxylic acids is 1. The molecule has 0 bridgehead atoms. The first kappa shape index (κ1) is 26.4. The second-order valence-corrected chi connectivity index (χ2v) is 11.6. The van der Waals surface area contributed by atoms with E-state index in [1.165, 1.54) is 7.11 Å². The normalized spacial score (nSPS) is 14.7. The molecule has 1 fully saturated rings. The molecule has 198 valence electrons. The Balaban J connectivity index is 1.40. The minimum atomic E-state index is -0.436. The van der Waals surface area contributed by atoms with Crippen molar-refractivity contribution in [2.24, 2.45) is 0 Å². The lowest BCUT2D eigenvalue weighted by molar-refractivity contribution is -0.0460. The predicted molar refractivity (Wildman–Crippen MR) is 156 cm³/mol. The Labute approximate surface area is 245 Å². The highest BCUT2D eigenvalue weighted by Gasteiger charge is 2.36. The van der Waals surface area contributed by atoms with E-state index in [-0.39, 0.29) is 6.04 Å². The number of hydrogen-bond donors (Lipinski definition) is 0. The maximum atomic E-state index is 13.4. The average molecular weight is 623 g/mol. The Kier molecular flexibility index (Phi) is 7.69.